The molecule has 1 aromatic carbocycles. The van der Waals surface area contributed by atoms with Crippen molar-refractivity contribution in [3.05, 3.63) is 35.9 Å². The van der Waals surface area contributed by atoms with Gasteiger partial charge in [0.2, 0.25) is 0 Å². The summed E-state index contributed by atoms with van der Waals surface area (Å²) in [5.41, 5.74) is 6.58. The van der Waals surface area contributed by atoms with Crippen molar-refractivity contribution in [1.82, 2.24) is 5.32 Å². The molecule has 4 heteroatoms. The number of nitrogens with two attached hydrogens (primary N) is 1. The van der Waals surface area contributed by atoms with Crippen LogP contribution in [0.2, 0.25) is 0 Å². The van der Waals surface area contributed by atoms with E-state index in [0.717, 1.165) is 25.7 Å². The van der Waals surface area contributed by atoms with Crippen molar-refractivity contribution in [3.63, 3.8) is 0 Å². The first kappa shape index (κ1) is 13.1. The SMILES string of the molecule is NC1CCCCC1NC(=O)C(O)c1ccccc1. The molecular weight excluding hydrogens is 228 g/mol. The second kappa shape index (κ2) is 5.98. The second-order valence-corrected chi connectivity index (χ2v) is 4.88. The van der Waals surface area contributed by atoms with E-state index < -0.39 is 6.10 Å². The summed E-state index contributed by atoms with van der Waals surface area (Å²) < 4.78 is 0. The molecule has 1 amide bonds. The quantitative estimate of drug-likeness (QED) is 0.750. The van der Waals surface area contributed by atoms with Crippen LogP contribution in [0.1, 0.15) is 37.4 Å². The van der Waals surface area contributed by atoms with Gasteiger partial charge in [0, 0.05) is 12.1 Å². The smallest absolute Gasteiger partial charge is 0.253 e. The normalized spacial score (nSPS) is 25.4. The summed E-state index contributed by atoms with van der Waals surface area (Å²) in [5.74, 6) is -0.358. The lowest BCUT2D eigenvalue weighted by atomic mass is 9.91. The van der Waals surface area contributed by atoms with E-state index in [-0.39, 0.29) is 18.0 Å². The molecule has 3 unspecified atom stereocenters. The first-order chi connectivity index (χ1) is 8.68. The molecule has 0 heterocycles. The Hall–Kier alpha value is -1.39. The number of carbonyl (C=O) groups excluding carboxylic acids is 1. The van der Waals surface area contributed by atoms with E-state index in [0.29, 0.717) is 5.56 Å². The van der Waals surface area contributed by atoms with Crippen molar-refractivity contribution in [3.8, 4) is 0 Å². The van der Waals surface area contributed by atoms with E-state index >= 15 is 0 Å². The highest BCUT2D eigenvalue weighted by Crippen LogP contribution is 2.18. The molecule has 1 aromatic rings. The zero-order valence-electron chi connectivity index (χ0n) is 10.4. The zero-order chi connectivity index (χ0) is 13.0. The van der Waals surface area contributed by atoms with E-state index in [1.165, 1.54) is 0 Å². The Balaban J connectivity index is 1.95. The van der Waals surface area contributed by atoms with Crippen molar-refractivity contribution in [2.75, 3.05) is 0 Å². The van der Waals surface area contributed by atoms with E-state index in [1.807, 2.05) is 6.07 Å². The minimum atomic E-state index is -1.11. The summed E-state index contributed by atoms with van der Waals surface area (Å²) in [5, 5.41) is 12.8. The molecule has 0 saturated heterocycles. The van der Waals surface area contributed by atoms with Crippen LogP contribution in [-0.2, 0) is 4.79 Å². The Morgan fingerprint density at radius 2 is 1.94 bits per heavy atom. The number of benzene rings is 1. The van der Waals surface area contributed by atoms with Crippen LogP contribution in [0.15, 0.2) is 30.3 Å². The molecule has 4 N–H and O–H groups in total. The molecule has 0 spiro atoms. The Kier molecular flexibility index (Phi) is 4.33. The second-order valence-electron chi connectivity index (χ2n) is 4.88. The van der Waals surface area contributed by atoms with Gasteiger partial charge in [-0.1, -0.05) is 43.2 Å². The number of rotatable bonds is 3. The van der Waals surface area contributed by atoms with Gasteiger partial charge in [0.15, 0.2) is 6.10 Å². The Labute approximate surface area is 107 Å². The minimum Gasteiger partial charge on any atom is -0.378 e. The van der Waals surface area contributed by atoms with Crippen LogP contribution in [0.4, 0.5) is 0 Å². The fourth-order valence-electron chi connectivity index (χ4n) is 2.39. The predicted octanol–water partition coefficient (Wildman–Crippen LogP) is 1.11. The number of carbonyl (C=O) groups is 1. The molecule has 0 aliphatic heterocycles. The van der Waals surface area contributed by atoms with Crippen LogP contribution in [0, 0.1) is 0 Å². The summed E-state index contributed by atoms with van der Waals surface area (Å²) in [6.07, 6.45) is 2.93. The maximum absolute atomic E-state index is 11.9. The van der Waals surface area contributed by atoms with Crippen molar-refractivity contribution in [2.45, 2.75) is 43.9 Å². The molecule has 1 fully saturated rings. The van der Waals surface area contributed by atoms with Gasteiger partial charge in [0.25, 0.3) is 5.91 Å². The third kappa shape index (κ3) is 3.09. The molecule has 1 saturated carbocycles. The molecule has 1 aliphatic carbocycles. The third-order valence-electron chi connectivity index (χ3n) is 3.51. The molecule has 2 rings (SSSR count). The first-order valence-electron chi connectivity index (χ1n) is 6.47. The molecule has 1 aliphatic rings. The maximum Gasteiger partial charge on any atom is 0.253 e. The van der Waals surface area contributed by atoms with Crippen LogP contribution in [0.3, 0.4) is 0 Å². The van der Waals surface area contributed by atoms with E-state index in [2.05, 4.69) is 5.32 Å². The lowest BCUT2D eigenvalue weighted by Crippen LogP contribution is -2.50. The van der Waals surface area contributed by atoms with Crippen molar-refractivity contribution < 1.29 is 9.90 Å². The lowest BCUT2D eigenvalue weighted by molar-refractivity contribution is -0.130. The summed E-state index contributed by atoms with van der Waals surface area (Å²) in [4.78, 5) is 11.9. The van der Waals surface area contributed by atoms with Crippen molar-refractivity contribution in [2.24, 2.45) is 5.73 Å². The molecule has 18 heavy (non-hydrogen) atoms. The Bertz CT molecular complexity index is 394. The number of aliphatic hydroxyl groups excluding tert-OH is 1. The fourth-order valence-corrected chi connectivity index (χ4v) is 2.39. The van der Waals surface area contributed by atoms with Gasteiger partial charge in [0.05, 0.1) is 0 Å². The fraction of sp³-hybridized carbons (Fsp3) is 0.500. The van der Waals surface area contributed by atoms with E-state index in [9.17, 15) is 9.90 Å². The van der Waals surface area contributed by atoms with Gasteiger partial charge in [-0.05, 0) is 18.4 Å². The van der Waals surface area contributed by atoms with Crippen LogP contribution >= 0.6 is 0 Å². The number of hydrogen-bond donors (Lipinski definition) is 3. The Morgan fingerprint density at radius 3 is 2.61 bits per heavy atom. The standard InChI is InChI=1S/C14H20N2O2/c15-11-8-4-5-9-12(11)16-14(18)13(17)10-6-2-1-3-7-10/h1-3,6-7,11-13,17H,4-5,8-9,15H2,(H,16,18). The Morgan fingerprint density at radius 1 is 1.28 bits per heavy atom. The minimum absolute atomic E-state index is 0.00525. The highest BCUT2D eigenvalue weighted by molar-refractivity contribution is 5.82. The van der Waals surface area contributed by atoms with Gasteiger partial charge in [-0.15, -0.1) is 0 Å². The zero-order valence-corrected chi connectivity index (χ0v) is 10.4. The maximum atomic E-state index is 11.9. The molecule has 98 valence electrons. The topological polar surface area (TPSA) is 75.3 Å². The average Bonchev–Trinajstić information content (AvgIpc) is 2.41. The van der Waals surface area contributed by atoms with Crippen molar-refractivity contribution in [1.29, 1.82) is 0 Å². The van der Waals surface area contributed by atoms with Crippen LogP contribution < -0.4 is 11.1 Å². The van der Waals surface area contributed by atoms with Crippen LogP contribution in [0.5, 0.6) is 0 Å². The number of hydrogen-bond acceptors (Lipinski definition) is 3. The first-order valence-corrected chi connectivity index (χ1v) is 6.47. The van der Waals surface area contributed by atoms with Crippen molar-refractivity contribution >= 4 is 5.91 Å². The molecule has 0 bridgehead atoms. The molecule has 3 atom stereocenters. The van der Waals surface area contributed by atoms with Crippen LogP contribution in [0.25, 0.3) is 0 Å². The van der Waals surface area contributed by atoms with Gasteiger partial charge in [-0.2, -0.15) is 0 Å². The third-order valence-corrected chi connectivity index (χ3v) is 3.51. The van der Waals surface area contributed by atoms with Gasteiger partial charge < -0.3 is 16.2 Å². The van der Waals surface area contributed by atoms with Gasteiger partial charge >= 0.3 is 0 Å². The van der Waals surface area contributed by atoms with Gasteiger partial charge in [-0.3, -0.25) is 4.79 Å². The number of aliphatic hydroxyl groups is 1. The highest BCUT2D eigenvalue weighted by Gasteiger charge is 2.26. The lowest BCUT2D eigenvalue weighted by Gasteiger charge is -2.30. The average molecular weight is 248 g/mol. The van der Waals surface area contributed by atoms with Crippen LogP contribution in [-0.4, -0.2) is 23.1 Å². The molecule has 4 nitrogen and oxygen atoms in total. The summed E-state index contributed by atoms with van der Waals surface area (Å²) in [6.45, 7) is 0. The predicted molar refractivity (Wildman–Crippen MR) is 69.8 cm³/mol. The molecule has 0 radical (unpaired) electrons. The van der Waals surface area contributed by atoms with E-state index in [1.54, 1.807) is 24.3 Å². The van der Waals surface area contributed by atoms with Gasteiger partial charge in [-0.25, -0.2) is 0 Å². The largest absolute Gasteiger partial charge is 0.378 e. The van der Waals surface area contributed by atoms with Gasteiger partial charge in [0.1, 0.15) is 0 Å². The van der Waals surface area contributed by atoms with E-state index in [4.69, 9.17) is 5.73 Å². The summed E-state index contributed by atoms with van der Waals surface area (Å²) in [6, 6.07) is 8.94. The summed E-state index contributed by atoms with van der Waals surface area (Å²) in [7, 11) is 0. The molecular formula is C14H20N2O2. The molecule has 0 aromatic heterocycles. The number of nitrogens with one attached hydrogen (secondary N) is 1. The highest BCUT2D eigenvalue weighted by atomic mass is 16.3. The number of amides is 1. The monoisotopic (exact) mass is 248 g/mol. The summed E-state index contributed by atoms with van der Waals surface area (Å²) >= 11 is 0.